The van der Waals surface area contributed by atoms with E-state index < -0.39 is 0 Å². The van der Waals surface area contributed by atoms with Crippen molar-refractivity contribution in [3.63, 3.8) is 0 Å². The van der Waals surface area contributed by atoms with Gasteiger partial charge in [-0.05, 0) is 56.9 Å². The van der Waals surface area contributed by atoms with Crippen LogP contribution < -0.4 is 15.5 Å². The molecule has 6 nitrogen and oxygen atoms in total. The molecule has 130 valence electrons. The molecule has 1 fully saturated rings. The summed E-state index contributed by atoms with van der Waals surface area (Å²) in [4.78, 5) is 14.3. The Hall–Kier alpha value is -2.26. The van der Waals surface area contributed by atoms with Gasteiger partial charge in [-0.1, -0.05) is 0 Å². The molecule has 1 unspecified atom stereocenters. The van der Waals surface area contributed by atoms with Crippen molar-refractivity contribution in [2.45, 2.75) is 44.7 Å². The number of nitrogens with zero attached hydrogens (tertiary/aromatic N) is 2. The monoisotopic (exact) mass is 330 g/mol. The van der Waals surface area contributed by atoms with Crippen LogP contribution in [-0.2, 0) is 0 Å². The lowest BCUT2D eigenvalue weighted by molar-refractivity contribution is 0.228. The zero-order chi connectivity index (χ0) is 17.4. The van der Waals surface area contributed by atoms with Gasteiger partial charge in [0.25, 0.3) is 0 Å². The topological polar surface area (TPSA) is 88.4 Å². The average Bonchev–Trinajstić information content (AvgIpc) is 2.60. The predicted molar refractivity (Wildman–Crippen MR) is 93.8 cm³/mol. The molecule has 1 aromatic carbocycles. The maximum absolute atomic E-state index is 12.0. The molecular weight excluding hydrogens is 304 g/mol. The van der Waals surface area contributed by atoms with Gasteiger partial charge < -0.3 is 20.6 Å². The van der Waals surface area contributed by atoms with Gasteiger partial charge in [-0.3, -0.25) is 0 Å². The van der Waals surface area contributed by atoms with Gasteiger partial charge in [0.05, 0.1) is 11.6 Å². The Morgan fingerprint density at radius 3 is 2.62 bits per heavy atom. The molecule has 1 saturated heterocycles. The van der Waals surface area contributed by atoms with E-state index in [0.717, 1.165) is 38.0 Å². The summed E-state index contributed by atoms with van der Waals surface area (Å²) in [6, 6.07) is 9.87. The minimum absolute atomic E-state index is 0.0656. The minimum Gasteiger partial charge on any atom is -0.396 e. The highest BCUT2D eigenvalue weighted by Gasteiger charge is 2.21. The fourth-order valence-electron chi connectivity index (χ4n) is 2.95. The molecule has 0 saturated carbocycles. The van der Waals surface area contributed by atoms with Crippen LogP contribution in [-0.4, -0.2) is 42.9 Å². The van der Waals surface area contributed by atoms with Crippen LogP contribution in [0.5, 0.6) is 0 Å². The number of piperidine rings is 1. The number of carbonyl (C=O) groups is 1. The Morgan fingerprint density at radius 1 is 1.38 bits per heavy atom. The summed E-state index contributed by atoms with van der Waals surface area (Å²) in [5.41, 5.74) is 1.79. The number of hydrogen-bond donors (Lipinski definition) is 3. The van der Waals surface area contributed by atoms with E-state index in [-0.39, 0.29) is 24.7 Å². The summed E-state index contributed by atoms with van der Waals surface area (Å²) < 4.78 is 0. The number of nitriles is 1. The second-order valence-corrected chi connectivity index (χ2v) is 6.30. The summed E-state index contributed by atoms with van der Waals surface area (Å²) in [5, 5.41) is 23.6. The molecular formula is C18H26N4O2. The molecule has 2 amide bonds. The summed E-state index contributed by atoms with van der Waals surface area (Å²) >= 11 is 0. The van der Waals surface area contributed by atoms with Gasteiger partial charge in [-0.2, -0.15) is 5.26 Å². The Morgan fingerprint density at radius 2 is 2.04 bits per heavy atom. The third-order valence-corrected chi connectivity index (χ3v) is 4.36. The van der Waals surface area contributed by atoms with E-state index in [0.29, 0.717) is 12.0 Å². The molecule has 0 aliphatic carbocycles. The lowest BCUT2D eigenvalue weighted by Gasteiger charge is -2.34. The Labute approximate surface area is 143 Å². The van der Waals surface area contributed by atoms with Gasteiger partial charge in [-0.25, -0.2) is 4.79 Å². The van der Waals surface area contributed by atoms with Crippen molar-refractivity contribution in [3.8, 4) is 6.07 Å². The van der Waals surface area contributed by atoms with Crippen LogP contribution in [0.4, 0.5) is 10.5 Å². The molecule has 0 spiro atoms. The highest BCUT2D eigenvalue weighted by Crippen LogP contribution is 2.20. The van der Waals surface area contributed by atoms with E-state index in [1.165, 1.54) is 0 Å². The average molecular weight is 330 g/mol. The number of aliphatic hydroxyl groups is 1. The molecule has 1 atom stereocenters. The van der Waals surface area contributed by atoms with E-state index in [1.807, 2.05) is 31.2 Å². The van der Waals surface area contributed by atoms with Gasteiger partial charge in [-0.15, -0.1) is 0 Å². The van der Waals surface area contributed by atoms with Crippen molar-refractivity contribution >= 4 is 11.7 Å². The van der Waals surface area contributed by atoms with E-state index in [4.69, 9.17) is 10.4 Å². The second-order valence-electron chi connectivity index (χ2n) is 6.30. The highest BCUT2D eigenvalue weighted by atomic mass is 16.3. The number of nitrogens with one attached hydrogen (secondary N) is 2. The van der Waals surface area contributed by atoms with Crippen LogP contribution in [0, 0.1) is 11.3 Å². The second kappa shape index (κ2) is 9.14. The van der Waals surface area contributed by atoms with Crippen molar-refractivity contribution in [1.29, 1.82) is 5.26 Å². The molecule has 24 heavy (non-hydrogen) atoms. The molecule has 2 rings (SSSR count). The highest BCUT2D eigenvalue weighted by molar-refractivity contribution is 5.74. The molecule has 0 radical (unpaired) electrons. The lowest BCUT2D eigenvalue weighted by Crippen LogP contribution is -2.49. The van der Waals surface area contributed by atoms with E-state index in [1.54, 1.807) is 0 Å². The largest absolute Gasteiger partial charge is 0.396 e. The number of carbonyl (C=O) groups excluding carboxylic acids is 1. The lowest BCUT2D eigenvalue weighted by atomic mass is 10.0. The third kappa shape index (κ3) is 5.43. The number of hydrogen-bond acceptors (Lipinski definition) is 4. The maximum atomic E-state index is 12.0. The van der Waals surface area contributed by atoms with Gasteiger partial charge >= 0.3 is 6.03 Å². The van der Waals surface area contributed by atoms with Crippen LogP contribution in [0.25, 0.3) is 0 Å². The van der Waals surface area contributed by atoms with Gasteiger partial charge in [0.1, 0.15) is 0 Å². The molecule has 1 aliphatic heterocycles. The van der Waals surface area contributed by atoms with Crippen molar-refractivity contribution in [3.05, 3.63) is 29.8 Å². The Bertz CT molecular complexity index is 559. The zero-order valence-electron chi connectivity index (χ0n) is 14.2. The van der Waals surface area contributed by atoms with Crippen molar-refractivity contribution in [2.24, 2.45) is 0 Å². The summed E-state index contributed by atoms with van der Waals surface area (Å²) in [6.45, 7) is 3.87. The fourth-order valence-corrected chi connectivity index (χ4v) is 2.95. The SMILES string of the molecule is CC(CCCO)NC(=O)NC1CCN(c2ccc(C#N)cc2)CC1. The predicted octanol–water partition coefficient (Wildman–Crippen LogP) is 1.99. The van der Waals surface area contributed by atoms with Gasteiger partial charge in [0.2, 0.25) is 0 Å². The van der Waals surface area contributed by atoms with E-state index >= 15 is 0 Å². The van der Waals surface area contributed by atoms with Crippen LogP contribution in [0.3, 0.4) is 0 Å². The standard InChI is InChI=1S/C18H26N4O2/c1-14(3-2-12-23)20-18(24)21-16-8-10-22(11-9-16)17-6-4-15(13-19)5-7-17/h4-7,14,16,23H,2-3,8-12H2,1H3,(H2,20,21,24). The number of aliphatic hydroxyl groups excluding tert-OH is 1. The molecule has 1 aromatic rings. The minimum atomic E-state index is -0.128. The van der Waals surface area contributed by atoms with Crippen molar-refractivity contribution < 1.29 is 9.90 Å². The van der Waals surface area contributed by atoms with Crippen molar-refractivity contribution in [2.75, 3.05) is 24.6 Å². The van der Waals surface area contributed by atoms with Crippen LogP contribution in [0.1, 0.15) is 38.2 Å². The summed E-state index contributed by atoms with van der Waals surface area (Å²) in [5.74, 6) is 0. The molecule has 6 heteroatoms. The molecule has 1 heterocycles. The molecule has 0 bridgehead atoms. The third-order valence-electron chi connectivity index (χ3n) is 4.36. The number of benzene rings is 1. The first kappa shape index (κ1) is 18.1. The first-order valence-electron chi connectivity index (χ1n) is 8.55. The number of rotatable bonds is 6. The normalized spacial score (nSPS) is 16.3. The maximum Gasteiger partial charge on any atom is 0.315 e. The molecule has 1 aliphatic rings. The van der Waals surface area contributed by atoms with Crippen LogP contribution in [0.2, 0.25) is 0 Å². The number of urea groups is 1. The summed E-state index contributed by atoms with van der Waals surface area (Å²) in [6.07, 6.45) is 3.28. The molecule has 3 N–H and O–H groups in total. The first-order valence-corrected chi connectivity index (χ1v) is 8.55. The summed E-state index contributed by atoms with van der Waals surface area (Å²) in [7, 11) is 0. The first-order chi connectivity index (χ1) is 11.6. The number of anilines is 1. The van der Waals surface area contributed by atoms with Gasteiger partial charge in [0, 0.05) is 37.5 Å². The van der Waals surface area contributed by atoms with Crippen molar-refractivity contribution in [1.82, 2.24) is 10.6 Å². The Balaban J connectivity index is 1.74. The van der Waals surface area contributed by atoms with E-state index in [2.05, 4.69) is 21.6 Å². The zero-order valence-corrected chi connectivity index (χ0v) is 14.2. The van der Waals surface area contributed by atoms with E-state index in [9.17, 15) is 4.79 Å². The Kier molecular flexibility index (Phi) is 6.89. The quantitative estimate of drug-likeness (QED) is 0.744. The number of amides is 2. The fraction of sp³-hybridized carbons (Fsp3) is 0.556. The van der Waals surface area contributed by atoms with Crippen LogP contribution in [0.15, 0.2) is 24.3 Å². The van der Waals surface area contributed by atoms with Gasteiger partial charge in [0.15, 0.2) is 0 Å². The smallest absolute Gasteiger partial charge is 0.315 e. The van der Waals surface area contributed by atoms with Crippen LogP contribution >= 0.6 is 0 Å². The molecule has 0 aromatic heterocycles.